The molecule has 16 heavy (non-hydrogen) atoms. The Hall–Kier alpha value is -1.92. The van der Waals surface area contributed by atoms with Gasteiger partial charge in [-0.3, -0.25) is 4.84 Å². The first-order chi connectivity index (χ1) is 7.77. The Morgan fingerprint density at radius 1 is 1.50 bits per heavy atom. The quantitative estimate of drug-likeness (QED) is 0.343. The van der Waals surface area contributed by atoms with Crippen LogP contribution in [0.4, 0.5) is 0 Å². The van der Waals surface area contributed by atoms with Crippen molar-refractivity contribution in [2.75, 3.05) is 7.11 Å². The van der Waals surface area contributed by atoms with Crippen LogP contribution in [0, 0.1) is 0 Å². The van der Waals surface area contributed by atoms with Gasteiger partial charge in [0.2, 0.25) is 0 Å². The van der Waals surface area contributed by atoms with Crippen molar-refractivity contribution in [1.29, 1.82) is 0 Å². The lowest BCUT2D eigenvalue weighted by Gasteiger charge is -2.06. The summed E-state index contributed by atoms with van der Waals surface area (Å²) in [6, 6.07) is 6.89. The van der Waals surface area contributed by atoms with Crippen LogP contribution >= 0.6 is 0 Å². The highest BCUT2D eigenvalue weighted by atomic mass is 16.6. The molecule has 0 spiro atoms. The van der Waals surface area contributed by atoms with E-state index in [1.54, 1.807) is 24.3 Å². The molecule has 0 aromatic heterocycles. The van der Waals surface area contributed by atoms with E-state index < -0.39 is 5.97 Å². The molecule has 0 heterocycles. The van der Waals surface area contributed by atoms with E-state index in [2.05, 4.69) is 14.8 Å². The van der Waals surface area contributed by atoms with Crippen LogP contribution < -0.4 is 10.6 Å². The fourth-order valence-corrected chi connectivity index (χ4v) is 1.04. The SMILES string of the molecule is CO/N=C/C(=O)Oc1ccccc1CON. The van der Waals surface area contributed by atoms with Gasteiger partial charge in [0.1, 0.15) is 12.9 Å². The van der Waals surface area contributed by atoms with Gasteiger partial charge < -0.3 is 9.57 Å². The molecule has 1 rings (SSSR count). The van der Waals surface area contributed by atoms with Gasteiger partial charge in [-0.2, -0.15) is 0 Å². The highest BCUT2D eigenvalue weighted by Gasteiger charge is 2.06. The monoisotopic (exact) mass is 224 g/mol. The van der Waals surface area contributed by atoms with E-state index in [0.29, 0.717) is 11.3 Å². The summed E-state index contributed by atoms with van der Waals surface area (Å²) in [7, 11) is 1.33. The van der Waals surface area contributed by atoms with Crippen molar-refractivity contribution < 1.29 is 19.2 Å². The van der Waals surface area contributed by atoms with E-state index >= 15 is 0 Å². The summed E-state index contributed by atoms with van der Waals surface area (Å²) in [6.45, 7) is 0.158. The van der Waals surface area contributed by atoms with Crippen LogP contribution in [0.25, 0.3) is 0 Å². The number of rotatable bonds is 5. The van der Waals surface area contributed by atoms with Crippen LogP contribution in [0.2, 0.25) is 0 Å². The molecule has 0 amide bonds. The first-order valence-electron chi connectivity index (χ1n) is 4.46. The molecule has 0 saturated heterocycles. The Bertz CT molecular complexity index is 379. The molecule has 0 atom stereocenters. The first kappa shape index (κ1) is 12.2. The van der Waals surface area contributed by atoms with Gasteiger partial charge in [-0.25, -0.2) is 10.7 Å². The minimum atomic E-state index is -0.633. The lowest BCUT2D eigenvalue weighted by atomic mass is 10.2. The molecule has 0 unspecified atom stereocenters. The Labute approximate surface area is 92.5 Å². The number of nitrogens with two attached hydrogens (primary N) is 1. The zero-order valence-corrected chi connectivity index (χ0v) is 8.75. The maximum atomic E-state index is 11.2. The fraction of sp³-hybridized carbons (Fsp3) is 0.200. The van der Waals surface area contributed by atoms with E-state index in [1.807, 2.05) is 0 Å². The Morgan fingerprint density at radius 2 is 2.25 bits per heavy atom. The molecule has 6 nitrogen and oxygen atoms in total. The van der Waals surface area contributed by atoms with Crippen LogP contribution in [-0.4, -0.2) is 19.3 Å². The molecule has 0 bridgehead atoms. The number of hydrogen-bond donors (Lipinski definition) is 1. The maximum Gasteiger partial charge on any atom is 0.358 e. The van der Waals surface area contributed by atoms with Gasteiger partial charge in [0, 0.05) is 5.56 Å². The smallest absolute Gasteiger partial charge is 0.358 e. The normalized spacial score (nSPS) is 10.4. The van der Waals surface area contributed by atoms with Gasteiger partial charge >= 0.3 is 5.97 Å². The summed E-state index contributed by atoms with van der Waals surface area (Å²) in [6.07, 6.45) is 0.931. The van der Waals surface area contributed by atoms with Crippen LogP contribution in [0.1, 0.15) is 5.56 Å². The van der Waals surface area contributed by atoms with Gasteiger partial charge in [-0.15, -0.1) is 0 Å². The third-order valence-electron chi connectivity index (χ3n) is 1.69. The third kappa shape index (κ3) is 3.68. The minimum absolute atomic E-state index is 0.158. The van der Waals surface area contributed by atoms with Crippen molar-refractivity contribution in [1.82, 2.24) is 0 Å². The zero-order chi connectivity index (χ0) is 11.8. The van der Waals surface area contributed by atoms with Gasteiger partial charge in [-0.05, 0) is 6.07 Å². The Balaban J connectivity index is 2.72. The van der Waals surface area contributed by atoms with E-state index in [4.69, 9.17) is 10.6 Å². The topological polar surface area (TPSA) is 83.1 Å². The molecular weight excluding hydrogens is 212 g/mol. The van der Waals surface area contributed by atoms with Crippen molar-refractivity contribution in [3.8, 4) is 5.75 Å². The average molecular weight is 224 g/mol. The molecule has 6 heteroatoms. The number of ether oxygens (including phenoxy) is 1. The molecular formula is C10H12N2O4. The lowest BCUT2D eigenvalue weighted by molar-refractivity contribution is -0.126. The summed E-state index contributed by atoms with van der Waals surface area (Å²) in [5.74, 6) is 4.70. The molecule has 2 N–H and O–H groups in total. The number of hydrogen-bond acceptors (Lipinski definition) is 6. The molecule has 1 aromatic carbocycles. The second-order valence-corrected chi connectivity index (χ2v) is 2.76. The van der Waals surface area contributed by atoms with Gasteiger partial charge in [0.25, 0.3) is 0 Å². The minimum Gasteiger partial charge on any atom is -0.422 e. The number of carbonyl (C=O) groups excluding carboxylic acids is 1. The van der Waals surface area contributed by atoms with Crippen molar-refractivity contribution >= 4 is 12.2 Å². The van der Waals surface area contributed by atoms with Crippen LogP contribution in [-0.2, 0) is 21.1 Å². The Kier molecular flexibility index (Phi) is 4.97. The molecule has 1 aromatic rings. The Morgan fingerprint density at radius 3 is 2.94 bits per heavy atom. The molecule has 0 saturated carbocycles. The maximum absolute atomic E-state index is 11.2. The molecule has 0 radical (unpaired) electrons. The highest BCUT2D eigenvalue weighted by molar-refractivity contribution is 6.23. The van der Waals surface area contributed by atoms with Crippen molar-refractivity contribution in [3.05, 3.63) is 29.8 Å². The summed E-state index contributed by atoms with van der Waals surface area (Å²) in [5.41, 5.74) is 0.671. The summed E-state index contributed by atoms with van der Waals surface area (Å²) >= 11 is 0. The van der Waals surface area contributed by atoms with Crippen LogP contribution in [0.5, 0.6) is 5.75 Å². The van der Waals surface area contributed by atoms with Crippen molar-refractivity contribution in [3.63, 3.8) is 0 Å². The van der Waals surface area contributed by atoms with E-state index in [-0.39, 0.29) is 6.61 Å². The van der Waals surface area contributed by atoms with Crippen molar-refractivity contribution in [2.24, 2.45) is 11.1 Å². The first-order valence-corrected chi connectivity index (χ1v) is 4.46. The number of para-hydroxylation sites is 1. The van der Waals surface area contributed by atoms with Crippen LogP contribution in [0.15, 0.2) is 29.4 Å². The molecule has 0 aliphatic heterocycles. The molecule has 0 fully saturated rings. The number of benzene rings is 1. The second-order valence-electron chi connectivity index (χ2n) is 2.76. The van der Waals surface area contributed by atoms with E-state index in [0.717, 1.165) is 6.21 Å². The summed E-state index contributed by atoms with van der Waals surface area (Å²) < 4.78 is 5.00. The fourth-order valence-electron chi connectivity index (χ4n) is 1.04. The van der Waals surface area contributed by atoms with E-state index in [9.17, 15) is 4.79 Å². The molecule has 0 aliphatic carbocycles. The van der Waals surface area contributed by atoms with Crippen LogP contribution in [0.3, 0.4) is 0 Å². The summed E-state index contributed by atoms with van der Waals surface area (Å²) in [5, 5.41) is 3.29. The largest absolute Gasteiger partial charge is 0.422 e. The number of nitrogens with zero attached hydrogens (tertiary/aromatic N) is 1. The molecule has 86 valence electrons. The van der Waals surface area contributed by atoms with Gasteiger partial charge in [0.15, 0.2) is 6.21 Å². The highest BCUT2D eigenvalue weighted by Crippen LogP contribution is 2.18. The molecule has 0 aliphatic rings. The number of esters is 1. The van der Waals surface area contributed by atoms with E-state index in [1.165, 1.54) is 7.11 Å². The third-order valence-corrected chi connectivity index (χ3v) is 1.69. The predicted octanol–water partition coefficient (Wildman–Crippen LogP) is 0.615. The second kappa shape index (κ2) is 6.54. The van der Waals surface area contributed by atoms with Crippen molar-refractivity contribution in [2.45, 2.75) is 6.61 Å². The van der Waals surface area contributed by atoms with Gasteiger partial charge in [0.05, 0.1) is 6.61 Å². The number of oxime groups is 1. The summed E-state index contributed by atoms with van der Waals surface area (Å²) in [4.78, 5) is 20.0. The lowest BCUT2D eigenvalue weighted by Crippen LogP contribution is -2.11. The zero-order valence-electron chi connectivity index (χ0n) is 8.75. The van der Waals surface area contributed by atoms with Gasteiger partial charge in [-0.1, -0.05) is 23.4 Å². The number of carbonyl (C=O) groups is 1. The average Bonchev–Trinajstić information content (AvgIpc) is 2.29. The predicted molar refractivity (Wildman–Crippen MR) is 56.6 cm³/mol. The standard InChI is InChI=1S/C10H12N2O4/c1-14-12-6-10(13)16-9-5-3-2-4-8(9)7-15-11/h2-6H,7,11H2,1H3/b12-6+.